The fourth-order valence-corrected chi connectivity index (χ4v) is 3.71. The van der Waals surface area contributed by atoms with Crippen LogP contribution >= 0.6 is 0 Å². The van der Waals surface area contributed by atoms with E-state index in [4.69, 9.17) is 9.78 Å². The van der Waals surface area contributed by atoms with Gasteiger partial charge in [0.25, 0.3) is 5.89 Å². The van der Waals surface area contributed by atoms with Gasteiger partial charge in [0, 0.05) is 17.9 Å². The number of hydrogen-bond acceptors (Lipinski definition) is 6. The quantitative estimate of drug-likeness (QED) is 0.520. The number of pyridine rings is 1. The Hall–Kier alpha value is -3.62. The Bertz CT molecular complexity index is 1210. The predicted molar refractivity (Wildman–Crippen MR) is 98.0 cm³/mol. The van der Waals surface area contributed by atoms with Crippen LogP contribution in [0.2, 0.25) is 0 Å². The SMILES string of the molecule is CC1Cc2c(ccc(C#N)c2C(F)(F)F)N1Cc1noc(-c2cc(C(F)(F)F)ccn2)n1. The van der Waals surface area contributed by atoms with Gasteiger partial charge >= 0.3 is 12.4 Å². The van der Waals surface area contributed by atoms with Crippen LogP contribution in [-0.4, -0.2) is 21.2 Å². The third-order valence-corrected chi connectivity index (χ3v) is 5.12. The van der Waals surface area contributed by atoms with Crippen molar-refractivity contribution < 1.29 is 30.9 Å². The summed E-state index contributed by atoms with van der Waals surface area (Å²) in [5.74, 6) is -0.175. The highest BCUT2D eigenvalue weighted by atomic mass is 19.4. The molecule has 6 nitrogen and oxygen atoms in total. The van der Waals surface area contributed by atoms with Crippen molar-refractivity contribution in [3.63, 3.8) is 0 Å². The molecular formula is C20H13F6N5O. The average molecular weight is 453 g/mol. The zero-order valence-corrected chi connectivity index (χ0v) is 16.3. The van der Waals surface area contributed by atoms with Crippen LogP contribution in [0.4, 0.5) is 32.0 Å². The number of aromatic nitrogens is 3. The molecule has 0 aliphatic carbocycles. The molecular weight excluding hydrogens is 440 g/mol. The molecule has 12 heteroatoms. The molecule has 166 valence electrons. The van der Waals surface area contributed by atoms with Crippen molar-refractivity contribution in [2.75, 3.05) is 4.90 Å². The second kappa shape index (κ2) is 7.51. The smallest absolute Gasteiger partial charge is 0.361 e. The number of halogens is 6. The molecule has 0 spiro atoms. The third kappa shape index (κ3) is 3.86. The van der Waals surface area contributed by atoms with E-state index < -0.39 is 29.0 Å². The molecule has 0 bridgehead atoms. The molecule has 0 fully saturated rings. The topological polar surface area (TPSA) is 78.8 Å². The van der Waals surface area contributed by atoms with Crippen molar-refractivity contribution >= 4 is 5.69 Å². The maximum atomic E-state index is 13.6. The molecule has 1 aromatic carbocycles. The molecule has 0 saturated heterocycles. The van der Waals surface area contributed by atoms with Gasteiger partial charge in [-0.2, -0.15) is 36.6 Å². The summed E-state index contributed by atoms with van der Waals surface area (Å²) in [6.07, 6.45) is -8.25. The van der Waals surface area contributed by atoms with Gasteiger partial charge in [-0.3, -0.25) is 4.98 Å². The van der Waals surface area contributed by atoms with Gasteiger partial charge < -0.3 is 9.42 Å². The van der Waals surface area contributed by atoms with Crippen molar-refractivity contribution in [3.8, 4) is 17.7 Å². The molecule has 4 rings (SSSR count). The maximum absolute atomic E-state index is 13.6. The standard InChI is InChI=1S/C20H13F6N5O/c1-10-6-13-15(3-2-11(8-27)17(13)20(24,25)26)31(10)9-16-29-18(32-30-16)14-7-12(4-5-28-14)19(21,22)23/h2-5,7,10H,6,9H2,1H3. The lowest BCUT2D eigenvalue weighted by molar-refractivity contribution is -0.138. The van der Waals surface area contributed by atoms with Crippen LogP contribution in [0.15, 0.2) is 35.0 Å². The van der Waals surface area contributed by atoms with Crippen LogP contribution in [0, 0.1) is 11.3 Å². The van der Waals surface area contributed by atoms with Crippen LogP contribution in [0.5, 0.6) is 0 Å². The monoisotopic (exact) mass is 453 g/mol. The first kappa shape index (κ1) is 21.6. The number of rotatable bonds is 3. The summed E-state index contributed by atoms with van der Waals surface area (Å²) < 4.78 is 84.5. The fourth-order valence-electron chi connectivity index (χ4n) is 3.71. The first-order chi connectivity index (χ1) is 15.0. The van der Waals surface area contributed by atoms with Crippen LogP contribution in [0.25, 0.3) is 11.6 Å². The number of nitriles is 1. The summed E-state index contributed by atoms with van der Waals surface area (Å²) in [6, 6.07) is 5.33. The summed E-state index contributed by atoms with van der Waals surface area (Å²) in [7, 11) is 0. The first-order valence-electron chi connectivity index (χ1n) is 9.25. The Balaban J connectivity index is 1.64. The fraction of sp³-hybridized carbons (Fsp3) is 0.300. The highest BCUT2D eigenvalue weighted by Crippen LogP contribution is 2.43. The van der Waals surface area contributed by atoms with E-state index in [0.29, 0.717) is 0 Å². The highest BCUT2D eigenvalue weighted by Gasteiger charge is 2.41. The Morgan fingerprint density at radius 2 is 1.91 bits per heavy atom. The number of hydrogen-bond donors (Lipinski definition) is 0. The van der Waals surface area contributed by atoms with Gasteiger partial charge in [-0.25, -0.2) is 0 Å². The van der Waals surface area contributed by atoms with Crippen LogP contribution in [-0.2, 0) is 25.3 Å². The molecule has 1 aliphatic heterocycles. The van der Waals surface area contributed by atoms with Crippen molar-refractivity contribution in [2.24, 2.45) is 0 Å². The molecule has 3 aromatic rings. The van der Waals surface area contributed by atoms with Gasteiger partial charge in [0.05, 0.1) is 29.3 Å². The van der Waals surface area contributed by atoms with Crippen LogP contribution in [0.3, 0.4) is 0 Å². The molecule has 0 N–H and O–H groups in total. The Morgan fingerprint density at radius 1 is 1.16 bits per heavy atom. The minimum atomic E-state index is -4.69. The molecule has 3 heterocycles. The molecule has 1 unspecified atom stereocenters. The summed E-state index contributed by atoms with van der Waals surface area (Å²) in [6.45, 7) is 1.67. The van der Waals surface area contributed by atoms with Gasteiger partial charge in [-0.1, -0.05) is 5.16 Å². The van der Waals surface area contributed by atoms with Gasteiger partial charge in [0.1, 0.15) is 5.69 Å². The van der Waals surface area contributed by atoms with Gasteiger partial charge in [0.15, 0.2) is 5.82 Å². The van der Waals surface area contributed by atoms with E-state index in [0.717, 1.165) is 24.4 Å². The Labute approximate surface area is 177 Å². The van der Waals surface area contributed by atoms with Crippen LogP contribution < -0.4 is 4.90 Å². The van der Waals surface area contributed by atoms with E-state index >= 15 is 0 Å². The lowest BCUT2D eigenvalue weighted by Crippen LogP contribution is -2.29. The maximum Gasteiger partial charge on any atom is 0.418 e. The normalized spacial score (nSPS) is 16.2. The predicted octanol–water partition coefficient (Wildman–Crippen LogP) is 4.99. The van der Waals surface area contributed by atoms with Gasteiger partial charge in [0.2, 0.25) is 0 Å². The second-order valence-corrected chi connectivity index (χ2v) is 7.22. The molecule has 1 atom stereocenters. The lowest BCUT2D eigenvalue weighted by atomic mass is 9.98. The van der Waals surface area contributed by atoms with Crippen molar-refractivity contribution in [1.29, 1.82) is 5.26 Å². The van der Waals surface area contributed by atoms with Gasteiger partial charge in [-0.15, -0.1) is 0 Å². The van der Waals surface area contributed by atoms with E-state index in [2.05, 4.69) is 15.1 Å². The zero-order chi connectivity index (χ0) is 23.3. The van der Waals surface area contributed by atoms with Crippen molar-refractivity contribution in [3.05, 3.63) is 58.5 Å². The first-order valence-corrected chi connectivity index (χ1v) is 9.25. The highest BCUT2D eigenvalue weighted by molar-refractivity contribution is 5.66. The molecule has 0 amide bonds. The average Bonchev–Trinajstić information content (AvgIpc) is 3.31. The molecule has 0 saturated carbocycles. The molecule has 0 radical (unpaired) electrons. The summed E-state index contributed by atoms with van der Waals surface area (Å²) in [5, 5.41) is 12.8. The summed E-state index contributed by atoms with van der Waals surface area (Å²) in [5.41, 5.74) is -2.24. The molecule has 2 aromatic heterocycles. The minimum Gasteiger partial charge on any atom is -0.361 e. The zero-order valence-electron chi connectivity index (χ0n) is 16.3. The Kier molecular flexibility index (Phi) is 5.07. The number of nitrogens with zero attached hydrogens (tertiary/aromatic N) is 5. The molecule has 1 aliphatic rings. The van der Waals surface area contributed by atoms with Crippen molar-refractivity contribution in [2.45, 2.75) is 38.3 Å². The molecule has 32 heavy (non-hydrogen) atoms. The van der Waals surface area contributed by atoms with Crippen molar-refractivity contribution in [1.82, 2.24) is 15.1 Å². The van der Waals surface area contributed by atoms with E-state index in [1.165, 1.54) is 6.07 Å². The third-order valence-electron chi connectivity index (χ3n) is 5.12. The van der Waals surface area contributed by atoms with E-state index in [1.54, 1.807) is 17.9 Å². The minimum absolute atomic E-state index is 0.00677. The largest absolute Gasteiger partial charge is 0.418 e. The summed E-state index contributed by atoms with van der Waals surface area (Å²) in [4.78, 5) is 9.49. The number of alkyl halides is 6. The number of benzene rings is 1. The summed E-state index contributed by atoms with van der Waals surface area (Å²) >= 11 is 0. The van der Waals surface area contributed by atoms with Gasteiger partial charge in [-0.05, 0) is 43.2 Å². The number of fused-ring (bicyclic) bond motifs is 1. The van der Waals surface area contributed by atoms with E-state index in [-0.39, 0.29) is 47.7 Å². The number of anilines is 1. The van der Waals surface area contributed by atoms with Crippen LogP contribution in [0.1, 0.15) is 35.0 Å². The second-order valence-electron chi connectivity index (χ2n) is 7.22. The van der Waals surface area contributed by atoms with E-state index in [9.17, 15) is 26.3 Å². The Morgan fingerprint density at radius 3 is 2.56 bits per heavy atom. The van der Waals surface area contributed by atoms with E-state index in [1.807, 2.05) is 0 Å². The lowest BCUT2D eigenvalue weighted by Gasteiger charge is -2.23.